The van der Waals surface area contributed by atoms with Crippen LogP contribution < -0.4 is 0 Å². The van der Waals surface area contributed by atoms with Gasteiger partial charge in [-0.25, -0.2) is 0 Å². The molecule has 0 radical (unpaired) electrons. The molecule has 4 aliphatic carbocycles. The smallest absolute Gasteiger partial charge is 0.187 e. The van der Waals surface area contributed by atoms with Gasteiger partial charge in [0.15, 0.2) is 30.9 Å². The van der Waals surface area contributed by atoms with E-state index >= 15 is 0 Å². The zero-order valence-electron chi connectivity index (χ0n) is 43.8. The Morgan fingerprint density at radius 2 is 1.21 bits per heavy atom. The lowest BCUT2D eigenvalue weighted by atomic mass is 9.47. The summed E-state index contributed by atoms with van der Waals surface area (Å²) in [6.07, 6.45) is -21.5. The Morgan fingerprint density at radius 1 is 0.640 bits per heavy atom. The van der Waals surface area contributed by atoms with Crippen LogP contribution in [0.5, 0.6) is 0 Å². The number of fused-ring (bicyclic) bond motifs is 7. The summed E-state index contributed by atoms with van der Waals surface area (Å²) in [5.41, 5.74) is 1.11. The standard InChI is InChI=1S/C52H86O23/c1-21(20-67-46-41(63)39(61)35(57)30(17-53)70-46)9-14-52(66-6)22(2)33-29(75-52)16-28-26-8-7-24-15-25(10-12-50(24,4)27(26)11-13-51(28,33)5)69-49-45(74-47-42(64)38(60)34(56)23(3)68-47)44(37(59)32(19-55)72-49)73-48-43(65)40(62)36(58)31(18-54)71-48/h7,21-23,25-49,53-65H,8-20H2,1-6H3/t21-,22+,23+,25+,26-,27+,28+,29+,30-,31-,32-,33+,34+,35-,36-,37-,38-,39+,40+,41-,42-,43-,44+,45?,46-,47+,48+,49-,50+,51+,52-/m1/s1. The van der Waals surface area contributed by atoms with Gasteiger partial charge >= 0.3 is 0 Å². The van der Waals surface area contributed by atoms with Crippen molar-refractivity contribution in [3.8, 4) is 0 Å². The Kier molecular flexibility index (Phi) is 17.9. The predicted octanol–water partition coefficient (Wildman–Crippen LogP) is -2.35. The molecule has 31 atom stereocenters. The van der Waals surface area contributed by atoms with E-state index in [0.29, 0.717) is 43.4 Å². The minimum Gasteiger partial charge on any atom is -0.394 e. The summed E-state index contributed by atoms with van der Waals surface area (Å²) in [6.45, 7) is 8.74. The highest BCUT2D eigenvalue weighted by molar-refractivity contribution is 5.26. The highest BCUT2D eigenvalue weighted by Gasteiger charge is 2.68. The van der Waals surface area contributed by atoms with E-state index in [2.05, 4.69) is 26.8 Å². The molecule has 0 aromatic rings. The third-order valence-electron chi connectivity index (χ3n) is 19.8. The summed E-state index contributed by atoms with van der Waals surface area (Å²) in [4.78, 5) is 0. The van der Waals surface area contributed by atoms with Crippen LogP contribution >= 0.6 is 0 Å². The molecular weight excluding hydrogens is 993 g/mol. The first kappa shape index (κ1) is 58.5. The number of ether oxygens (including phenoxy) is 10. The van der Waals surface area contributed by atoms with E-state index in [0.717, 1.165) is 32.1 Å². The van der Waals surface area contributed by atoms with Gasteiger partial charge in [0, 0.05) is 19.4 Å². The molecule has 0 bridgehead atoms. The number of methoxy groups -OCH3 is 1. The van der Waals surface area contributed by atoms with Crippen LogP contribution in [-0.2, 0) is 47.4 Å². The average Bonchev–Trinajstić information content (AvgIpc) is 3.92. The number of aliphatic hydroxyl groups is 13. The van der Waals surface area contributed by atoms with Crippen molar-refractivity contribution in [3.05, 3.63) is 11.6 Å². The molecule has 75 heavy (non-hydrogen) atoms. The zero-order valence-corrected chi connectivity index (χ0v) is 43.8. The van der Waals surface area contributed by atoms with Crippen LogP contribution in [0.15, 0.2) is 11.6 Å². The summed E-state index contributed by atoms with van der Waals surface area (Å²) in [6, 6.07) is 0. The number of aliphatic hydroxyl groups excluding tert-OH is 13. The molecule has 0 spiro atoms. The number of allylic oxidation sites excluding steroid dienone is 1. The number of hydrogen-bond donors (Lipinski definition) is 13. The Hall–Kier alpha value is -1.18. The highest BCUT2D eigenvalue weighted by Crippen LogP contribution is 2.70. The normalized spacial score (nSPS) is 54.3. The Morgan fingerprint density at radius 3 is 1.85 bits per heavy atom. The molecular formula is C52H86O23. The van der Waals surface area contributed by atoms with E-state index in [1.54, 1.807) is 7.11 Å². The summed E-state index contributed by atoms with van der Waals surface area (Å²) in [5.74, 6) is 0.765. The minimum absolute atomic E-state index is 0.00228. The lowest BCUT2D eigenvalue weighted by molar-refractivity contribution is -0.394. The van der Waals surface area contributed by atoms with Gasteiger partial charge in [0.25, 0.3) is 0 Å². The minimum atomic E-state index is -1.88. The molecule has 0 aromatic heterocycles. The fraction of sp³-hybridized carbons (Fsp3) is 0.962. The van der Waals surface area contributed by atoms with Crippen molar-refractivity contribution in [2.45, 2.75) is 233 Å². The molecule has 5 aliphatic heterocycles. The molecule has 0 aromatic carbocycles. The molecule has 9 rings (SSSR count). The van der Waals surface area contributed by atoms with Gasteiger partial charge in [-0.1, -0.05) is 39.3 Å². The van der Waals surface area contributed by atoms with Crippen molar-refractivity contribution in [1.29, 1.82) is 0 Å². The van der Waals surface area contributed by atoms with Crippen LogP contribution in [0.25, 0.3) is 0 Å². The monoisotopic (exact) mass is 1080 g/mol. The third-order valence-corrected chi connectivity index (χ3v) is 19.8. The Labute approximate surface area is 437 Å². The van der Waals surface area contributed by atoms with Gasteiger partial charge in [0.1, 0.15) is 91.6 Å². The summed E-state index contributed by atoms with van der Waals surface area (Å²) in [7, 11) is 1.71. The predicted molar refractivity (Wildman–Crippen MR) is 255 cm³/mol. The molecule has 9 aliphatic rings. The van der Waals surface area contributed by atoms with Gasteiger partial charge < -0.3 is 114 Å². The van der Waals surface area contributed by atoms with Gasteiger partial charge in [0.05, 0.1) is 44.7 Å². The maximum atomic E-state index is 11.6. The first-order valence-corrected chi connectivity index (χ1v) is 27.3. The zero-order chi connectivity index (χ0) is 54.2. The van der Waals surface area contributed by atoms with Gasteiger partial charge in [-0.2, -0.15) is 0 Å². The van der Waals surface area contributed by atoms with Crippen molar-refractivity contribution >= 4 is 0 Å². The van der Waals surface area contributed by atoms with Gasteiger partial charge in [-0.3, -0.25) is 0 Å². The topological polar surface area (TPSA) is 355 Å². The van der Waals surface area contributed by atoms with Gasteiger partial charge in [-0.15, -0.1) is 0 Å². The molecule has 5 heterocycles. The SMILES string of the molecule is CO[C@]1(CC[C@@H](C)CO[C@@H]2O[C@H](CO)[C@@H](O)[C@H](O)[C@H]2O)O[C@H]2C[C@H]3[C@@H]4CC=C5C[C@@H](O[C@@H]6O[C@H](CO)[C@@H](O)[C@H](O[C@@H]7O[C@H](CO)[C@@H](O)[C@H](O)[C@H]7O)C6O[C@@H]6O[C@@H](C)[C@H](O)[C@@H](O)[C@H]6O)CC[C@]5(C)[C@H]4CC[C@]3(C)[C@H]2[C@@H]1C. The van der Waals surface area contributed by atoms with Crippen molar-refractivity contribution in [1.82, 2.24) is 0 Å². The van der Waals surface area contributed by atoms with Crippen molar-refractivity contribution in [2.75, 3.05) is 33.5 Å². The maximum absolute atomic E-state index is 11.6. The summed E-state index contributed by atoms with van der Waals surface area (Å²) >= 11 is 0. The van der Waals surface area contributed by atoms with Crippen molar-refractivity contribution < 1.29 is 114 Å². The molecule has 432 valence electrons. The van der Waals surface area contributed by atoms with Crippen molar-refractivity contribution in [2.24, 2.45) is 46.3 Å². The molecule has 23 nitrogen and oxygen atoms in total. The van der Waals surface area contributed by atoms with Crippen LogP contribution in [0.1, 0.15) is 92.4 Å². The van der Waals surface area contributed by atoms with Crippen LogP contribution in [0.2, 0.25) is 0 Å². The number of rotatable bonds is 16. The second-order valence-corrected chi connectivity index (χ2v) is 24.0. The average molecular weight is 1080 g/mol. The Bertz CT molecular complexity index is 1930. The Balaban J connectivity index is 0.871. The first-order chi connectivity index (χ1) is 35.6. The van der Waals surface area contributed by atoms with Crippen LogP contribution in [0.4, 0.5) is 0 Å². The quantitative estimate of drug-likeness (QED) is 0.0720. The van der Waals surface area contributed by atoms with E-state index < -0.39 is 155 Å². The molecule has 13 N–H and O–H groups in total. The summed E-state index contributed by atoms with van der Waals surface area (Å²) < 4.78 is 61.6. The van der Waals surface area contributed by atoms with Gasteiger partial charge in [0.2, 0.25) is 0 Å². The lowest BCUT2D eigenvalue weighted by Gasteiger charge is -2.58. The van der Waals surface area contributed by atoms with Crippen molar-refractivity contribution in [3.63, 3.8) is 0 Å². The summed E-state index contributed by atoms with van der Waals surface area (Å²) in [5, 5.41) is 137. The molecule has 0 amide bonds. The van der Waals surface area contributed by atoms with Gasteiger partial charge in [-0.05, 0) is 98.7 Å². The fourth-order valence-electron chi connectivity index (χ4n) is 15.3. The highest BCUT2D eigenvalue weighted by atomic mass is 16.8. The van der Waals surface area contributed by atoms with E-state index in [1.807, 2.05) is 6.92 Å². The van der Waals surface area contributed by atoms with E-state index in [1.165, 1.54) is 12.5 Å². The first-order valence-electron chi connectivity index (χ1n) is 27.3. The molecule has 23 heteroatoms. The van der Waals surface area contributed by atoms with E-state index in [9.17, 15) is 66.4 Å². The maximum Gasteiger partial charge on any atom is 0.187 e. The van der Waals surface area contributed by atoms with Crippen LogP contribution in [-0.4, -0.2) is 241 Å². The second kappa shape index (κ2) is 23.0. The molecule has 3 saturated carbocycles. The number of hydrogen-bond acceptors (Lipinski definition) is 23. The molecule has 5 saturated heterocycles. The fourth-order valence-corrected chi connectivity index (χ4v) is 15.3. The van der Waals surface area contributed by atoms with E-state index in [-0.39, 0.29) is 41.3 Å². The molecule has 1 unspecified atom stereocenters. The van der Waals surface area contributed by atoms with E-state index in [4.69, 9.17) is 47.4 Å². The largest absolute Gasteiger partial charge is 0.394 e. The second-order valence-electron chi connectivity index (χ2n) is 24.0. The van der Waals surface area contributed by atoms with Crippen LogP contribution in [0, 0.1) is 46.3 Å². The third kappa shape index (κ3) is 10.5. The molecule has 8 fully saturated rings. The van der Waals surface area contributed by atoms with Crippen LogP contribution in [0.3, 0.4) is 0 Å². The lowest BCUT2D eigenvalue weighted by Crippen LogP contribution is -2.67.